The number of aromatic nitrogens is 2. The molecule has 0 saturated carbocycles. The largest absolute Gasteiger partial charge is 0.420 e. The lowest BCUT2D eigenvalue weighted by Crippen LogP contribution is -2.07. The molecule has 0 bridgehead atoms. The van der Waals surface area contributed by atoms with Crippen LogP contribution in [-0.4, -0.2) is 18.6 Å². The molecule has 5 nitrogen and oxygen atoms in total. The average molecular weight is 340 g/mol. The summed E-state index contributed by atoms with van der Waals surface area (Å²) in [5.74, 6) is 0.0573. The van der Waals surface area contributed by atoms with Crippen molar-refractivity contribution < 1.29 is 12.8 Å². The molecule has 122 valence electrons. The molecule has 0 amide bonds. The molecule has 3 aromatic rings. The molecule has 0 spiro atoms. The fourth-order valence-electron chi connectivity index (χ4n) is 2.19. The number of benzene rings is 2. The van der Waals surface area contributed by atoms with Gasteiger partial charge in [-0.1, -0.05) is 60.7 Å². The Labute approximate surface area is 140 Å². The van der Waals surface area contributed by atoms with E-state index in [4.69, 9.17) is 4.42 Å². The van der Waals surface area contributed by atoms with Gasteiger partial charge in [0, 0.05) is 6.08 Å². The predicted molar refractivity (Wildman–Crippen MR) is 92.4 cm³/mol. The van der Waals surface area contributed by atoms with E-state index in [2.05, 4.69) is 10.2 Å². The summed E-state index contributed by atoms with van der Waals surface area (Å²) < 4.78 is 29.8. The van der Waals surface area contributed by atoms with Crippen molar-refractivity contribution in [3.8, 4) is 0 Å². The Kier molecular flexibility index (Phi) is 4.86. The quantitative estimate of drug-likeness (QED) is 0.688. The molecule has 0 saturated heterocycles. The first kappa shape index (κ1) is 16.1. The van der Waals surface area contributed by atoms with Gasteiger partial charge in [-0.05, 0) is 17.2 Å². The van der Waals surface area contributed by atoms with Gasteiger partial charge >= 0.3 is 0 Å². The Morgan fingerprint density at radius 3 is 2.21 bits per heavy atom. The third-order valence-corrected chi connectivity index (χ3v) is 4.73. The van der Waals surface area contributed by atoms with E-state index in [1.807, 2.05) is 54.6 Å². The average Bonchev–Trinajstić information content (AvgIpc) is 3.01. The van der Waals surface area contributed by atoms with Gasteiger partial charge in [0.1, 0.15) is 5.75 Å². The minimum Gasteiger partial charge on any atom is -0.420 e. The molecule has 0 atom stereocenters. The second kappa shape index (κ2) is 7.23. The van der Waals surface area contributed by atoms with Crippen LogP contribution in [0.3, 0.4) is 0 Å². The van der Waals surface area contributed by atoms with E-state index in [-0.39, 0.29) is 23.3 Å². The summed E-state index contributed by atoms with van der Waals surface area (Å²) >= 11 is 0. The van der Waals surface area contributed by atoms with E-state index >= 15 is 0 Å². The minimum atomic E-state index is -3.36. The lowest BCUT2D eigenvalue weighted by Gasteiger charge is -2.01. The van der Waals surface area contributed by atoms with Crippen LogP contribution >= 0.6 is 0 Å². The lowest BCUT2D eigenvalue weighted by molar-refractivity contribution is 0.498. The van der Waals surface area contributed by atoms with Crippen molar-refractivity contribution in [2.24, 2.45) is 0 Å². The van der Waals surface area contributed by atoms with Crippen LogP contribution < -0.4 is 0 Å². The van der Waals surface area contributed by atoms with Gasteiger partial charge in [0.05, 0.1) is 5.75 Å². The van der Waals surface area contributed by atoms with Crippen molar-refractivity contribution in [3.63, 3.8) is 0 Å². The standard InChI is InChI=1S/C18H16N2O3S/c21-24(22,13-16-9-5-2-6-10-16)14-18-20-19-17(23-18)12-11-15-7-3-1-4-8-15/h1-12H,13-14H2/b12-11+. The van der Waals surface area contributed by atoms with Crippen LogP contribution in [0.4, 0.5) is 0 Å². The van der Waals surface area contributed by atoms with E-state index in [0.717, 1.165) is 11.1 Å². The van der Waals surface area contributed by atoms with Crippen LogP contribution in [0.5, 0.6) is 0 Å². The molecule has 6 heteroatoms. The predicted octanol–water partition coefficient (Wildman–Crippen LogP) is 3.36. The molecular weight excluding hydrogens is 324 g/mol. The highest BCUT2D eigenvalue weighted by atomic mass is 32.2. The smallest absolute Gasteiger partial charge is 0.240 e. The Balaban J connectivity index is 1.66. The van der Waals surface area contributed by atoms with Gasteiger partial charge in [0.25, 0.3) is 0 Å². The molecule has 3 rings (SSSR count). The highest BCUT2D eigenvalue weighted by Crippen LogP contribution is 2.13. The van der Waals surface area contributed by atoms with Gasteiger partial charge < -0.3 is 4.42 Å². The van der Waals surface area contributed by atoms with Crippen LogP contribution in [0.2, 0.25) is 0 Å². The Morgan fingerprint density at radius 2 is 1.50 bits per heavy atom. The van der Waals surface area contributed by atoms with Gasteiger partial charge in [0.2, 0.25) is 11.8 Å². The molecule has 1 heterocycles. The van der Waals surface area contributed by atoms with Crippen molar-refractivity contribution >= 4 is 22.0 Å². The van der Waals surface area contributed by atoms with E-state index in [1.54, 1.807) is 18.2 Å². The molecule has 0 aliphatic heterocycles. The summed E-state index contributed by atoms with van der Waals surface area (Å²) in [5, 5.41) is 7.66. The second-order valence-electron chi connectivity index (χ2n) is 5.30. The third-order valence-electron chi connectivity index (χ3n) is 3.27. The van der Waals surface area contributed by atoms with E-state index in [0.29, 0.717) is 0 Å². The van der Waals surface area contributed by atoms with Gasteiger partial charge in [0.15, 0.2) is 9.84 Å². The maximum atomic E-state index is 12.2. The van der Waals surface area contributed by atoms with Crippen molar-refractivity contribution in [3.05, 3.63) is 83.6 Å². The monoisotopic (exact) mass is 340 g/mol. The van der Waals surface area contributed by atoms with Gasteiger partial charge in [-0.25, -0.2) is 8.42 Å². The SMILES string of the molecule is O=S(=O)(Cc1ccccc1)Cc1nnc(/C=C/c2ccccc2)o1. The molecule has 0 aliphatic rings. The molecule has 2 aromatic carbocycles. The zero-order valence-corrected chi connectivity index (χ0v) is 13.7. The summed E-state index contributed by atoms with van der Waals surface area (Å²) in [6.45, 7) is 0. The molecule has 0 N–H and O–H groups in total. The maximum absolute atomic E-state index is 12.2. The fourth-order valence-corrected chi connectivity index (χ4v) is 3.49. The Hall–Kier alpha value is -2.73. The van der Waals surface area contributed by atoms with Crippen LogP contribution in [0, 0.1) is 0 Å². The molecule has 0 unspecified atom stereocenters. The summed E-state index contributed by atoms with van der Waals surface area (Å²) in [5.41, 5.74) is 1.73. The van der Waals surface area contributed by atoms with Crippen LogP contribution in [0.15, 0.2) is 65.1 Å². The zero-order valence-electron chi connectivity index (χ0n) is 12.9. The summed E-state index contributed by atoms with van der Waals surface area (Å²) in [6.07, 6.45) is 3.49. The number of hydrogen-bond acceptors (Lipinski definition) is 5. The molecule has 0 aliphatic carbocycles. The lowest BCUT2D eigenvalue weighted by atomic mass is 10.2. The van der Waals surface area contributed by atoms with Crippen molar-refractivity contribution in [2.75, 3.05) is 0 Å². The first-order valence-corrected chi connectivity index (χ1v) is 9.23. The van der Waals surface area contributed by atoms with E-state index in [1.165, 1.54) is 0 Å². The molecule has 24 heavy (non-hydrogen) atoms. The minimum absolute atomic E-state index is 0.0502. The van der Waals surface area contributed by atoms with Gasteiger partial charge in [-0.15, -0.1) is 10.2 Å². The molecular formula is C18H16N2O3S. The van der Waals surface area contributed by atoms with E-state index in [9.17, 15) is 8.42 Å². The van der Waals surface area contributed by atoms with Crippen LogP contribution in [0.1, 0.15) is 22.9 Å². The first-order valence-electron chi connectivity index (χ1n) is 7.41. The normalized spacial score (nSPS) is 11.8. The van der Waals surface area contributed by atoms with Gasteiger partial charge in [-0.2, -0.15) is 0 Å². The van der Waals surface area contributed by atoms with Crippen molar-refractivity contribution in [1.29, 1.82) is 0 Å². The zero-order chi connectivity index (χ0) is 16.8. The maximum Gasteiger partial charge on any atom is 0.240 e. The number of nitrogens with zero attached hydrogens (tertiary/aromatic N) is 2. The second-order valence-corrected chi connectivity index (χ2v) is 7.36. The number of sulfone groups is 1. The molecule has 1 aromatic heterocycles. The summed E-state index contributed by atoms with van der Waals surface area (Å²) in [4.78, 5) is 0. The van der Waals surface area contributed by atoms with Crippen molar-refractivity contribution in [1.82, 2.24) is 10.2 Å². The van der Waals surface area contributed by atoms with Gasteiger partial charge in [-0.3, -0.25) is 0 Å². The number of rotatable bonds is 6. The Bertz CT molecular complexity index is 917. The molecule has 0 fully saturated rings. The third kappa shape index (κ3) is 4.63. The fraction of sp³-hybridized carbons (Fsp3) is 0.111. The number of hydrogen-bond donors (Lipinski definition) is 0. The van der Waals surface area contributed by atoms with Crippen LogP contribution in [0.25, 0.3) is 12.2 Å². The Morgan fingerprint density at radius 1 is 0.833 bits per heavy atom. The highest BCUT2D eigenvalue weighted by Gasteiger charge is 2.17. The summed E-state index contributed by atoms with van der Waals surface area (Å²) in [7, 11) is -3.36. The highest BCUT2D eigenvalue weighted by molar-refractivity contribution is 7.89. The van der Waals surface area contributed by atoms with E-state index < -0.39 is 9.84 Å². The first-order chi connectivity index (χ1) is 11.6. The summed E-state index contributed by atoms with van der Waals surface area (Å²) in [6, 6.07) is 18.7. The van der Waals surface area contributed by atoms with Crippen LogP contribution in [-0.2, 0) is 21.3 Å². The topological polar surface area (TPSA) is 73.1 Å². The molecule has 0 radical (unpaired) electrons. The van der Waals surface area contributed by atoms with Crippen molar-refractivity contribution in [2.45, 2.75) is 11.5 Å².